The number of hydrogen-bond donors (Lipinski definition) is 1. The van der Waals surface area contributed by atoms with E-state index in [0.29, 0.717) is 33.4 Å². The number of aliphatic imine (C=N–C) groups is 1. The Bertz CT molecular complexity index is 1440. The Kier molecular flexibility index (Phi) is 9.75. The minimum absolute atomic E-state index is 0.0812. The number of carbonyl (C=O) groups is 4. The van der Waals surface area contributed by atoms with Crippen molar-refractivity contribution in [2.45, 2.75) is 25.1 Å². The van der Waals surface area contributed by atoms with Gasteiger partial charge in [-0.15, -0.1) is 0 Å². The van der Waals surface area contributed by atoms with Gasteiger partial charge in [-0.2, -0.15) is 0 Å². The fraction of sp³-hybridized carbons (Fsp3) is 0.233. The van der Waals surface area contributed by atoms with E-state index in [-0.39, 0.29) is 31.4 Å². The van der Waals surface area contributed by atoms with Gasteiger partial charge in [0.05, 0.1) is 44.2 Å². The zero-order valence-corrected chi connectivity index (χ0v) is 23.6. The summed E-state index contributed by atoms with van der Waals surface area (Å²) in [7, 11) is 2.87. The van der Waals surface area contributed by atoms with Crippen molar-refractivity contribution >= 4 is 52.1 Å². The molecule has 3 aromatic carbocycles. The van der Waals surface area contributed by atoms with Crippen LogP contribution >= 0.6 is 11.8 Å². The van der Waals surface area contributed by atoms with E-state index >= 15 is 0 Å². The lowest BCUT2D eigenvalue weighted by Crippen LogP contribution is -2.33. The predicted octanol–water partition coefficient (Wildman–Crippen LogP) is 4.82. The van der Waals surface area contributed by atoms with Gasteiger partial charge in [0.15, 0.2) is 5.17 Å². The van der Waals surface area contributed by atoms with E-state index in [2.05, 4.69) is 10.3 Å². The summed E-state index contributed by atoms with van der Waals surface area (Å²) in [6.45, 7) is 2.26. The van der Waals surface area contributed by atoms with Crippen LogP contribution in [0.1, 0.15) is 39.6 Å². The first kappa shape index (κ1) is 29.3. The number of esters is 2. The molecule has 0 aliphatic carbocycles. The van der Waals surface area contributed by atoms with Gasteiger partial charge in [0, 0.05) is 12.1 Å². The van der Waals surface area contributed by atoms with Crippen molar-refractivity contribution in [2.75, 3.05) is 26.1 Å². The first-order valence-corrected chi connectivity index (χ1v) is 13.6. The minimum atomic E-state index is -0.694. The van der Waals surface area contributed by atoms with E-state index < -0.39 is 17.2 Å². The van der Waals surface area contributed by atoms with Crippen LogP contribution in [0.15, 0.2) is 77.8 Å². The number of rotatable bonds is 10. The van der Waals surface area contributed by atoms with Crippen LogP contribution in [0.5, 0.6) is 5.75 Å². The molecule has 2 amide bonds. The third-order valence-corrected chi connectivity index (χ3v) is 7.26. The topological polar surface area (TPSA) is 124 Å². The average Bonchev–Trinajstić information content (AvgIpc) is 3.26. The number of carbonyl (C=O) groups excluding carboxylic acids is 4. The minimum Gasteiger partial charge on any atom is -0.497 e. The van der Waals surface area contributed by atoms with Gasteiger partial charge in [-0.05, 0) is 73.2 Å². The van der Waals surface area contributed by atoms with E-state index in [1.807, 2.05) is 24.3 Å². The van der Waals surface area contributed by atoms with Gasteiger partial charge in [0.25, 0.3) is 0 Å². The molecule has 0 aromatic heterocycles. The Morgan fingerprint density at radius 2 is 1.54 bits per heavy atom. The molecule has 0 radical (unpaired) electrons. The highest BCUT2D eigenvalue weighted by atomic mass is 32.2. The summed E-state index contributed by atoms with van der Waals surface area (Å²) >= 11 is 1.20. The molecule has 10 nitrogen and oxygen atoms in total. The molecule has 3 aromatic rings. The lowest BCUT2D eigenvalue weighted by molar-refractivity contribution is -0.128. The molecule has 212 valence electrons. The number of benzene rings is 3. The maximum absolute atomic E-state index is 13.5. The number of methoxy groups -OCH3 is 2. The maximum Gasteiger partial charge on any atom is 0.338 e. The molecule has 1 N–H and O–H groups in total. The number of amides is 2. The average molecular weight is 576 g/mol. The molecule has 41 heavy (non-hydrogen) atoms. The molecule has 11 heteroatoms. The maximum atomic E-state index is 13.5. The van der Waals surface area contributed by atoms with E-state index in [1.165, 1.54) is 18.9 Å². The van der Waals surface area contributed by atoms with Gasteiger partial charge in [-0.25, -0.2) is 14.6 Å². The Morgan fingerprint density at radius 3 is 2.15 bits per heavy atom. The van der Waals surface area contributed by atoms with E-state index in [9.17, 15) is 19.2 Å². The van der Waals surface area contributed by atoms with Crippen molar-refractivity contribution in [1.82, 2.24) is 4.90 Å². The zero-order valence-electron chi connectivity index (χ0n) is 22.8. The SMILES string of the molecule is CCOC(=O)c1ccc(N=C2S[C@@H](CC(=O)Nc3ccc(C(=O)OC)cc3)C(=O)N2Cc2ccc(OC)cc2)cc1. The van der Waals surface area contributed by atoms with Gasteiger partial charge in [0.1, 0.15) is 11.0 Å². The van der Waals surface area contributed by atoms with Crippen LogP contribution < -0.4 is 10.1 Å². The molecular weight excluding hydrogens is 546 g/mol. The fourth-order valence-corrected chi connectivity index (χ4v) is 5.13. The standard InChI is InChI=1S/C30H29N3O7S/c1-4-40-29(37)21-9-13-23(14-10-21)32-30-33(18-19-5-15-24(38-2)16-6-19)27(35)25(41-30)17-26(34)31-22-11-7-20(8-12-22)28(36)39-3/h5-16,25H,4,17-18H2,1-3H3,(H,31,34)/t25-/m0/s1. The Morgan fingerprint density at radius 1 is 0.902 bits per heavy atom. The quantitative estimate of drug-likeness (QED) is 0.342. The van der Waals surface area contributed by atoms with Gasteiger partial charge < -0.3 is 19.5 Å². The van der Waals surface area contributed by atoms with Gasteiger partial charge in [-0.1, -0.05) is 23.9 Å². The summed E-state index contributed by atoms with van der Waals surface area (Å²) in [5, 5.41) is 2.52. The van der Waals surface area contributed by atoms with E-state index in [4.69, 9.17) is 14.2 Å². The van der Waals surface area contributed by atoms with Gasteiger partial charge in [0.2, 0.25) is 11.8 Å². The number of nitrogens with one attached hydrogen (secondary N) is 1. The molecule has 1 heterocycles. The Labute approximate surface area is 241 Å². The number of hydrogen-bond acceptors (Lipinski definition) is 9. The van der Waals surface area contributed by atoms with Crippen LogP contribution in [0.4, 0.5) is 11.4 Å². The van der Waals surface area contributed by atoms with Gasteiger partial charge in [-0.3, -0.25) is 14.5 Å². The van der Waals surface area contributed by atoms with Crippen LogP contribution in [0.2, 0.25) is 0 Å². The fourth-order valence-electron chi connectivity index (χ4n) is 3.97. The molecule has 0 spiro atoms. The largest absolute Gasteiger partial charge is 0.497 e. The monoisotopic (exact) mass is 575 g/mol. The molecule has 0 saturated carbocycles. The normalized spacial score (nSPS) is 15.5. The van der Waals surface area contributed by atoms with Gasteiger partial charge >= 0.3 is 11.9 Å². The van der Waals surface area contributed by atoms with Crippen molar-refractivity contribution in [3.05, 3.63) is 89.5 Å². The van der Waals surface area contributed by atoms with Crippen LogP contribution in [-0.4, -0.2) is 59.9 Å². The summed E-state index contributed by atoms with van der Waals surface area (Å²) in [5.41, 5.74) is 2.65. The molecule has 1 saturated heterocycles. The molecule has 4 rings (SSSR count). The van der Waals surface area contributed by atoms with Crippen LogP contribution in [0.3, 0.4) is 0 Å². The Hall–Kier alpha value is -4.64. The smallest absolute Gasteiger partial charge is 0.338 e. The second-order valence-electron chi connectivity index (χ2n) is 8.86. The van der Waals surface area contributed by atoms with Crippen molar-refractivity contribution < 1.29 is 33.4 Å². The summed E-state index contributed by atoms with van der Waals surface area (Å²) in [6.07, 6.45) is -0.0812. The first-order valence-electron chi connectivity index (χ1n) is 12.8. The summed E-state index contributed by atoms with van der Waals surface area (Å²) in [5.74, 6) is -0.810. The second-order valence-corrected chi connectivity index (χ2v) is 10.0. The molecular formula is C30H29N3O7S. The summed E-state index contributed by atoms with van der Waals surface area (Å²) < 4.78 is 14.9. The first-order chi connectivity index (χ1) is 19.8. The van der Waals surface area contributed by atoms with Crippen LogP contribution in [0.25, 0.3) is 0 Å². The van der Waals surface area contributed by atoms with Crippen molar-refractivity contribution in [3.8, 4) is 5.75 Å². The second kappa shape index (κ2) is 13.6. The lowest BCUT2D eigenvalue weighted by Gasteiger charge is -2.17. The number of nitrogens with zero attached hydrogens (tertiary/aromatic N) is 2. The summed E-state index contributed by atoms with van der Waals surface area (Å²) in [4.78, 5) is 56.2. The predicted molar refractivity (Wildman–Crippen MR) is 155 cm³/mol. The number of anilines is 1. The molecule has 0 bridgehead atoms. The van der Waals surface area contributed by atoms with Crippen LogP contribution in [0, 0.1) is 0 Å². The Balaban J connectivity index is 1.52. The molecule has 1 aliphatic rings. The number of ether oxygens (including phenoxy) is 3. The van der Waals surface area contributed by atoms with Crippen molar-refractivity contribution in [3.63, 3.8) is 0 Å². The molecule has 1 fully saturated rings. The third-order valence-electron chi connectivity index (χ3n) is 6.08. The molecule has 1 aliphatic heterocycles. The van der Waals surface area contributed by atoms with E-state index in [1.54, 1.807) is 67.5 Å². The van der Waals surface area contributed by atoms with Crippen molar-refractivity contribution in [1.29, 1.82) is 0 Å². The van der Waals surface area contributed by atoms with E-state index in [0.717, 1.165) is 5.56 Å². The zero-order chi connectivity index (χ0) is 29.4. The summed E-state index contributed by atoms with van der Waals surface area (Å²) in [6, 6.07) is 20.2. The highest BCUT2D eigenvalue weighted by molar-refractivity contribution is 8.15. The number of amidine groups is 1. The van der Waals surface area contributed by atoms with Crippen LogP contribution in [-0.2, 0) is 25.6 Å². The third kappa shape index (κ3) is 7.52. The highest BCUT2D eigenvalue weighted by Gasteiger charge is 2.39. The highest BCUT2D eigenvalue weighted by Crippen LogP contribution is 2.33. The molecule has 0 unspecified atom stereocenters. The molecule has 1 atom stereocenters. The lowest BCUT2D eigenvalue weighted by atomic mass is 10.2. The van der Waals surface area contributed by atoms with Crippen molar-refractivity contribution in [2.24, 2.45) is 4.99 Å². The number of thioether (sulfide) groups is 1.